The lowest BCUT2D eigenvalue weighted by molar-refractivity contribution is 0.0952. The van der Waals surface area contributed by atoms with E-state index in [2.05, 4.69) is 26.6 Å². The first-order valence-electron chi connectivity index (χ1n) is 5.34. The number of benzene rings is 1. The zero-order valence-corrected chi connectivity index (χ0v) is 11.2. The Morgan fingerprint density at radius 2 is 2.12 bits per heavy atom. The number of halogens is 1. The smallest absolute Gasteiger partial charge is 0.251 e. The molecular formula is C12H17BrN2O. The Hall–Kier alpha value is -0.870. The predicted octanol–water partition coefficient (Wildman–Crippen LogP) is 2.10. The maximum atomic E-state index is 11.8. The maximum absolute atomic E-state index is 11.8. The van der Waals surface area contributed by atoms with Crippen molar-refractivity contribution in [3.63, 3.8) is 0 Å². The molecule has 0 saturated carbocycles. The molecule has 0 radical (unpaired) electrons. The van der Waals surface area contributed by atoms with Gasteiger partial charge in [-0.3, -0.25) is 4.79 Å². The molecule has 0 aliphatic heterocycles. The van der Waals surface area contributed by atoms with Crippen LogP contribution < -0.4 is 10.6 Å². The summed E-state index contributed by atoms with van der Waals surface area (Å²) in [7, 11) is 1.90. The molecule has 0 aliphatic carbocycles. The Morgan fingerprint density at radius 1 is 1.38 bits per heavy atom. The molecule has 0 aromatic heterocycles. The van der Waals surface area contributed by atoms with Gasteiger partial charge in [-0.05, 0) is 44.6 Å². The second kappa shape index (κ2) is 6.66. The molecule has 0 unspecified atom stereocenters. The van der Waals surface area contributed by atoms with Crippen LogP contribution in [0.15, 0.2) is 22.7 Å². The summed E-state index contributed by atoms with van der Waals surface area (Å²) in [5.74, 6) is -0.00472. The second-order valence-corrected chi connectivity index (χ2v) is 4.59. The van der Waals surface area contributed by atoms with Gasteiger partial charge in [0.25, 0.3) is 5.91 Å². The molecule has 88 valence electrons. The topological polar surface area (TPSA) is 41.1 Å². The average molecular weight is 285 g/mol. The van der Waals surface area contributed by atoms with E-state index < -0.39 is 0 Å². The van der Waals surface area contributed by atoms with Gasteiger partial charge in [-0.2, -0.15) is 0 Å². The number of hydrogen-bond donors (Lipinski definition) is 2. The SMILES string of the molecule is CNCCCNC(=O)c1cc(Br)ccc1C. The monoisotopic (exact) mass is 284 g/mol. The van der Waals surface area contributed by atoms with Gasteiger partial charge in [0.2, 0.25) is 0 Å². The van der Waals surface area contributed by atoms with Crippen molar-refractivity contribution in [2.24, 2.45) is 0 Å². The molecule has 0 fully saturated rings. The highest BCUT2D eigenvalue weighted by Gasteiger charge is 2.08. The third-order valence-corrected chi connectivity index (χ3v) is 2.83. The van der Waals surface area contributed by atoms with Crippen molar-refractivity contribution in [3.05, 3.63) is 33.8 Å². The summed E-state index contributed by atoms with van der Waals surface area (Å²) in [6.07, 6.45) is 0.940. The van der Waals surface area contributed by atoms with Crippen LogP contribution >= 0.6 is 15.9 Å². The summed E-state index contributed by atoms with van der Waals surface area (Å²) < 4.78 is 0.929. The number of carbonyl (C=O) groups excluding carboxylic acids is 1. The van der Waals surface area contributed by atoms with Gasteiger partial charge >= 0.3 is 0 Å². The van der Waals surface area contributed by atoms with Gasteiger partial charge < -0.3 is 10.6 Å². The van der Waals surface area contributed by atoms with Gasteiger partial charge in [0.1, 0.15) is 0 Å². The van der Waals surface area contributed by atoms with Gasteiger partial charge in [0.15, 0.2) is 0 Å². The summed E-state index contributed by atoms with van der Waals surface area (Å²) in [4.78, 5) is 11.8. The highest BCUT2D eigenvalue weighted by Crippen LogP contribution is 2.15. The number of amides is 1. The molecule has 1 amide bonds. The Bertz CT molecular complexity index is 366. The van der Waals surface area contributed by atoms with Crippen LogP contribution in [-0.4, -0.2) is 26.0 Å². The molecule has 1 aromatic carbocycles. The van der Waals surface area contributed by atoms with Crippen LogP contribution in [-0.2, 0) is 0 Å². The first-order chi connectivity index (χ1) is 7.65. The van der Waals surface area contributed by atoms with Crippen LogP contribution in [0.2, 0.25) is 0 Å². The number of carbonyl (C=O) groups is 1. The highest BCUT2D eigenvalue weighted by atomic mass is 79.9. The lowest BCUT2D eigenvalue weighted by Gasteiger charge is -2.07. The minimum absolute atomic E-state index is 0.00472. The summed E-state index contributed by atoms with van der Waals surface area (Å²) in [6, 6.07) is 5.72. The van der Waals surface area contributed by atoms with Crippen molar-refractivity contribution in [2.75, 3.05) is 20.1 Å². The summed E-state index contributed by atoms with van der Waals surface area (Å²) in [6.45, 7) is 3.55. The van der Waals surface area contributed by atoms with Crippen molar-refractivity contribution in [1.82, 2.24) is 10.6 Å². The average Bonchev–Trinajstić information content (AvgIpc) is 2.27. The molecule has 0 heterocycles. The van der Waals surface area contributed by atoms with E-state index in [0.29, 0.717) is 6.54 Å². The molecule has 0 bridgehead atoms. The van der Waals surface area contributed by atoms with Crippen molar-refractivity contribution >= 4 is 21.8 Å². The van der Waals surface area contributed by atoms with Gasteiger partial charge in [0.05, 0.1) is 0 Å². The van der Waals surface area contributed by atoms with Crippen LogP contribution in [0.3, 0.4) is 0 Å². The van der Waals surface area contributed by atoms with Crippen molar-refractivity contribution in [1.29, 1.82) is 0 Å². The molecule has 16 heavy (non-hydrogen) atoms. The van der Waals surface area contributed by atoms with Crippen molar-refractivity contribution in [3.8, 4) is 0 Å². The van der Waals surface area contributed by atoms with Crippen molar-refractivity contribution < 1.29 is 4.79 Å². The highest BCUT2D eigenvalue weighted by molar-refractivity contribution is 9.10. The van der Waals surface area contributed by atoms with Gasteiger partial charge in [-0.25, -0.2) is 0 Å². The number of nitrogens with one attached hydrogen (secondary N) is 2. The third kappa shape index (κ3) is 3.94. The van der Waals surface area contributed by atoms with Crippen LogP contribution in [0.5, 0.6) is 0 Å². The van der Waals surface area contributed by atoms with E-state index >= 15 is 0 Å². The van der Waals surface area contributed by atoms with E-state index in [1.165, 1.54) is 0 Å². The van der Waals surface area contributed by atoms with Crippen LogP contribution in [0, 0.1) is 6.92 Å². The number of rotatable bonds is 5. The van der Waals surface area contributed by atoms with Gasteiger partial charge in [-0.15, -0.1) is 0 Å². The van der Waals surface area contributed by atoms with Crippen molar-refractivity contribution in [2.45, 2.75) is 13.3 Å². The Morgan fingerprint density at radius 3 is 2.81 bits per heavy atom. The van der Waals surface area contributed by atoms with E-state index in [1.54, 1.807) is 0 Å². The zero-order valence-electron chi connectivity index (χ0n) is 9.64. The number of aryl methyl sites for hydroxylation is 1. The molecule has 0 spiro atoms. The molecule has 1 rings (SSSR count). The first-order valence-corrected chi connectivity index (χ1v) is 6.13. The molecule has 2 N–H and O–H groups in total. The minimum atomic E-state index is -0.00472. The van der Waals surface area contributed by atoms with E-state index in [0.717, 1.165) is 28.6 Å². The normalized spacial score (nSPS) is 10.2. The van der Waals surface area contributed by atoms with Crippen LogP contribution in [0.4, 0.5) is 0 Å². The van der Waals surface area contributed by atoms with E-state index in [-0.39, 0.29) is 5.91 Å². The second-order valence-electron chi connectivity index (χ2n) is 3.67. The fourth-order valence-corrected chi connectivity index (χ4v) is 1.76. The number of hydrogen-bond acceptors (Lipinski definition) is 2. The lowest BCUT2D eigenvalue weighted by Crippen LogP contribution is -2.27. The Labute approximate surface area is 105 Å². The standard InChI is InChI=1S/C12H17BrN2O/c1-9-4-5-10(13)8-11(9)12(16)15-7-3-6-14-2/h4-5,8,14H,3,6-7H2,1-2H3,(H,15,16). The molecular weight excluding hydrogens is 268 g/mol. The fourth-order valence-electron chi connectivity index (χ4n) is 1.40. The third-order valence-electron chi connectivity index (χ3n) is 2.33. The molecule has 0 aliphatic rings. The van der Waals surface area contributed by atoms with Crippen LogP contribution in [0.1, 0.15) is 22.3 Å². The molecule has 1 aromatic rings. The molecule has 3 nitrogen and oxygen atoms in total. The van der Waals surface area contributed by atoms with Gasteiger partial charge in [0, 0.05) is 16.6 Å². The van der Waals surface area contributed by atoms with E-state index in [9.17, 15) is 4.79 Å². The largest absolute Gasteiger partial charge is 0.352 e. The quantitative estimate of drug-likeness (QED) is 0.813. The fraction of sp³-hybridized carbons (Fsp3) is 0.417. The Kier molecular flexibility index (Phi) is 5.49. The Balaban J connectivity index is 2.55. The predicted molar refractivity (Wildman–Crippen MR) is 69.8 cm³/mol. The maximum Gasteiger partial charge on any atom is 0.251 e. The molecule has 0 atom stereocenters. The summed E-state index contributed by atoms with van der Waals surface area (Å²) in [5, 5.41) is 5.94. The molecule has 0 saturated heterocycles. The first kappa shape index (κ1) is 13.2. The summed E-state index contributed by atoms with van der Waals surface area (Å²) >= 11 is 3.37. The molecule has 4 heteroatoms. The van der Waals surface area contributed by atoms with E-state index in [1.807, 2.05) is 32.2 Å². The summed E-state index contributed by atoms with van der Waals surface area (Å²) in [5.41, 5.74) is 1.73. The minimum Gasteiger partial charge on any atom is -0.352 e. The van der Waals surface area contributed by atoms with Gasteiger partial charge in [-0.1, -0.05) is 22.0 Å². The lowest BCUT2D eigenvalue weighted by atomic mass is 10.1. The zero-order chi connectivity index (χ0) is 12.0. The van der Waals surface area contributed by atoms with Crippen LogP contribution in [0.25, 0.3) is 0 Å². The van der Waals surface area contributed by atoms with E-state index in [4.69, 9.17) is 0 Å².